The molecule has 1 amide bonds. The molecule has 1 aliphatic rings. The second kappa shape index (κ2) is 8.18. The summed E-state index contributed by atoms with van der Waals surface area (Å²) in [5.74, 6) is 0.909. The Hall–Kier alpha value is -2.04. The molecular weight excluding hydrogens is 306 g/mol. The molecule has 0 bridgehead atoms. The normalized spacial score (nSPS) is 23.4. The van der Waals surface area contributed by atoms with Gasteiger partial charge in [0.2, 0.25) is 0 Å². The summed E-state index contributed by atoms with van der Waals surface area (Å²) in [5.41, 5.74) is 1.32. The number of nitrogens with one attached hydrogen (secondary N) is 1. The van der Waals surface area contributed by atoms with Crippen LogP contribution in [0, 0.1) is 18.8 Å². The fraction of sp³-hybridized carbons (Fsp3) is 0.579. The van der Waals surface area contributed by atoms with E-state index >= 15 is 0 Å². The number of aryl methyl sites for hydroxylation is 1. The first-order valence-electron chi connectivity index (χ1n) is 8.53. The van der Waals surface area contributed by atoms with E-state index in [2.05, 4.69) is 19.2 Å². The number of methoxy groups -OCH3 is 1. The van der Waals surface area contributed by atoms with E-state index in [1.807, 2.05) is 6.92 Å². The monoisotopic (exact) mass is 333 g/mol. The summed E-state index contributed by atoms with van der Waals surface area (Å²) in [7, 11) is 1.55. The van der Waals surface area contributed by atoms with Gasteiger partial charge in [-0.05, 0) is 42.9 Å². The van der Waals surface area contributed by atoms with E-state index in [0.717, 1.165) is 18.4 Å². The zero-order valence-corrected chi connectivity index (χ0v) is 14.9. The van der Waals surface area contributed by atoms with Crippen LogP contribution in [-0.4, -0.2) is 31.6 Å². The molecule has 0 unspecified atom stereocenters. The third-order valence-electron chi connectivity index (χ3n) is 5.03. The number of benzene rings is 1. The highest BCUT2D eigenvalue weighted by molar-refractivity contribution is 5.91. The van der Waals surface area contributed by atoms with Crippen LogP contribution in [0.1, 0.15) is 49.0 Å². The maximum atomic E-state index is 12.1. The minimum atomic E-state index is -0.520. The Morgan fingerprint density at radius 3 is 2.71 bits per heavy atom. The van der Waals surface area contributed by atoms with E-state index in [-0.39, 0.29) is 18.6 Å². The number of amides is 1. The number of hydrogen-bond acceptors (Lipinski definition) is 4. The number of carbonyl (C=O) groups is 2. The van der Waals surface area contributed by atoms with Gasteiger partial charge in [0, 0.05) is 6.04 Å². The molecule has 1 N–H and O–H groups in total. The van der Waals surface area contributed by atoms with Crippen LogP contribution < -0.4 is 10.1 Å². The zero-order chi connectivity index (χ0) is 17.7. The second-order valence-corrected chi connectivity index (χ2v) is 6.70. The van der Waals surface area contributed by atoms with Gasteiger partial charge in [0.1, 0.15) is 5.75 Å². The summed E-state index contributed by atoms with van der Waals surface area (Å²) in [6, 6.07) is 5.25. The SMILES string of the molecule is COc1cc(C(=O)OCC(=O)N[C@H]2CCC[C@H](C)[C@@H]2C)ccc1C. The third kappa shape index (κ3) is 4.49. The summed E-state index contributed by atoms with van der Waals surface area (Å²) in [5, 5.41) is 3.00. The van der Waals surface area contributed by atoms with Crippen molar-refractivity contribution in [3.05, 3.63) is 29.3 Å². The topological polar surface area (TPSA) is 64.6 Å². The zero-order valence-electron chi connectivity index (χ0n) is 14.9. The summed E-state index contributed by atoms with van der Waals surface area (Å²) in [6.07, 6.45) is 3.32. The lowest BCUT2D eigenvalue weighted by Gasteiger charge is -2.34. The van der Waals surface area contributed by atoms with Gasteiger partial charge < -0.3 is 14.8 Å². The molecule has 0 spiro atoms. The number of rotatable bonds is 5. The van der Waals surface area contributed by atoms with E-state index in [1.165, 1.54) is 6.42 Å². The maximum Gasteiger partial charge on any atom is 0.338 e. The highest BCUT2D eigenvalue weighted by Crippen LogP contribution is 2.29. The summed E-state index contributed by atoms with van der Waals surface area (Å²) in [4.78, 5) is 24.1. The van der Waals surface area contributed by atoms with Gasteiger partial charge in [-0.1, -0.05) is 32.8 Å². The van der Waals surface area contributed by atoms with Gasteiger partial charge in [0.25, 0.3) is 5.91 Å². The lowest BCUT2D eigenvalue weighted by Crippen LogP contribution is -2.45. The fourth-order valence-electron chi connectivity index (χ4n) is 3.20. The van der Waals surface area contributed by atoms with E-state index < -0.39 is 5.97 Å². The number of carbonyl (C=O) groups excluding carboxylic acids is 2. The molecule has 1 aliphatic carbocycles. The molecule has 1 aromatic carbocycles. The van der Waals surface area contributed by atoms with Gasteiger partial charge in [-0.15, -0.1) is 0 Å². The molecule has 0 radical (unpaired) electrons. The van der Waals surface area contributed by atoms with Crippen LogP contribution in [0.3, 0.4) is 0 Å². The van der Waals surface area contributed by atoms with Gasteiger partial charge in [0.05, 0.1) is 12.7 Å². The Balaban J connectivity index is 1.86. The molecule has 0 heterocycles. The fourth-order valence-corrected chi connectivity index (χ4v) is 3.20. The van der Waals surface area contributed by atoms with Crippen molar-refractivity contribution >= 4 is 11.9 Å². The van der Waals surface area contributed by atoms with E-state index in [4.69, 9.17) is 9.47 Å². The van der Waals surface area contributed by atoms with Crippen molar-refractivity contribution in [3.8, 4) is 5.75 Å². The average molecular weight is 333 g/mol. The van der Waals surface area contributed by atoms with Crippen molar-refractivity contribution in [2.45, 2.75) is 46.1 Å². The van der Waals surface area contributed by atoms with Crippen molar-refractivity contribution in [2.75, 3.05) is 13.7 Å². The Bertz CT molecular complexity index is 599. The van der Waals surface area contributed by atoms with Crippen molar-refractivity contribution in [1.29, 1.82) is 0 Å². The smallest absolute Gasteiger partial charge is 0.338 e. The first-order chi connectivity index (χ1) is 11.4. The minimum Gasteiger partial charge on any atom is -0.496 e. The van der Waals surface area contributed by atoms with Crippen molar-refractivity contribution in [3.63, 3.8) is 0 Å². The molecule has 2 rings (SSSR count). The van der Waals surface area contributed by atoms with Gasteiger partial charge in [-0.3, -0.25) is 4.79 Å². The molecule has 1 saturated carbocycles. The molecule has 0 saturated heterocycles. The molecular formula is C19H27NO4. The Kier molecular flexibility index (Phi) is 6.23. The highest BCUT2D eigenvalue weighted by atomic mass is 16.5. The maximum absolute atomic E-state index is 12.1. The van der Waals surface area contributed by atoms with Crippen LogP contribution in [0.5, 0.6) is 5.75 Å². The Labute approximate surface area is 143 Å². The van der Waals surface area contributed by atoms with Crippen molar-refractivity contribution < 1.29 is 19.1 Å². The predicted molar refractivity (Wildman–Crippen MR) is 92.1 cm³/mol. The van der Waals surface area contributed by atoms with Gasteiger partial charge in [0.15, 0.2) is 6.61 Å². The Morgan fingerprint density at radius 2 is 2.00 bits per heavy atom. The number of ether oxygens (including phenoxy) is 2. The van der Waals surface area contributed by atoms with Gasteiger partial charge >= 0.3 is 5.97 Å². The highest BCUT2D eigenvalue weighted by Gasteiger charge is 2.28. The molecule has 24 heavy (non-hydrogen) atoms. The third-order valence-corrected chi connectivity index (χ3v) is 5.03. The van der Waals surface area contributed by atoms with Crippen molar-refractivity contribution in [2.24, 2.45) is 11.8 Å². The summed E-state index contributed by atoms with van der Waals surface area (Å²) < 4.78 is 10.3. The van der Waals surface area contributed by atoms with Crippen LogP contribution in [0.15, 0.2) is 18.2 Å². The number of hydrogen-bond donors (Lipinski definition) is 1. The molecule has 132 valence electrons. The first kappa shape index (κ1) is 18.3. The van der Waals surface area contributed by atoms with Gasteiger partial charge in [-0.25, -0.2) is 4.79 Å². The predicted octanol–water partition coefficient (Wildman–Crippen LogP) is 3.10. The van der Waals surface area contributed by atoms with Crippen LogP contribution in [0.2, 0.25) is 0 Å². The summed E-state index contributed by atoms with van der Waals surface area (Å²) >= 11 is 0. The molecule has 1 fully saturated rings. The van der Waals surface area contributed by atoms with E-state index in [9.17, 15) is 9.59 Å². The molecule has 3 atom stereocenters. The molecule has 5 heteroatoms. The lowest BCUT2D eigenvalue weighted by atomic mass is 9.78. The van der Waals surface area contributed by atoms with Crippen molar-refractivity contribution in [1.82, 2.24) is 5.32 Å². The molecule has 1 aromatic rings. The van der Waals surface area contributed by atoms with Crippen LogP contribution >= 0.6 is 0 Å². The average Bonchev–Trinajstić information content (AvgIpc) is 2.57. The molecule has 5 nitrogen and oxygen atoms in total. The number of esters is 1. The molecule has 0 aliphatic heterocycles. The second-order valence-electron chi connectivity index (χ2n) is 6.70. The van der Waals surface area contributed by atoms with E-state index in [1.54, 1.807) is 25.3 Å². The quantitative estimate of drug-likeness (QED) is 0.841. The molecule has 0 aromatic heterocycles. The Morgan fingerprint density at radius 1 is 1.25 bits per heavy atom. The standard InChI is InChI=1S/C19H27NO4/c1-12-6-5-7-16(14(12)3)20-18(21)11-24-19(22)15-9-8-13(2)17(10-15)23-4/h8-10,12,14,16H,5-7,11H2,1-4H3,(H,20,21)/t12-,14-,16-/m0/s1. The summed E-state index contributed by atoms with van der Waals surface area (Å²) in [6.45, 7) is 6.02. The minimum absolute atomic E-state index is 0.166. The van der Waals surface area contributed by atoms with Gasteiger partial charge in [-0.2, -0.15) is 0 Å². The largest absolute Gasteiger partial charge is 0.496 e. The first-order valence-corrected chi connectivity index (χ1v) is 8.53. The van der Waals surface area contributed by atoms with Crippen LogP contribution in [-0.2, 0) is 9.53 Å². The van der Waals surface area contributed by atoms with E-state index in [0.29, 0.717) is 23.1 Å². The van der Waals surface area contributed by atoms with Crippen LogP contribution in [0.4, 0.5) is 0 Å². The van der Waals surface area contributed by atoms with Crippen LogP contribution in [0.25, 0.3) is 0 Å². The lowest BCUT2D eigenvalue weighted by molar-refractivity contribution is -0.125.